The van der Waals surface area contributed by atoms with Crippen LogP contribution in [0.3, 0.4) is 0 Å². The number of hydrogen-bond acceptors (Lipinski definition) is 4. The number of allylic oxidation sites excluding steroid dienone is 2. The summed E-state index contributed by atoms with van der Waals surface area (Å²) in [7, 11) is 0. The van der Waals surface area contributed by atoms with Crippen LogP contribution in [0.2, 0.25) is 0 Å². The molecule has 4 nitrogen and oxygen atoms in total. The molecule has 0 amide bonds. The molecule has 0 aliphatic heterocycles. The maximum atomic E-state index is 12.9. The zero-order valence-corrected chi connectivity index (χ0v) is 49.5. The van der Waals surface area contributed by atoms with Gasteiger partial charge in [-0.15, -0.1) is 0 Å². The first-order chi connectivity index (χ1) is 43.1. The van der Waals surface area contributed by atoms with E-state index in [1.165, 1.54) is 44.5 Å². The molecule has 0 unspecified atom stereocenters. The molecule has 2 N–H and O–H groups in total. The van der Waals surface area contributed by atoms with Gasteiger partial charge in [0, 0.05) is 33.5 Å². The van der Waals surface area contributed by atoms with Gasteiger partial charge in [-0.2, -0.15) is 0 Å². The van der Waals surface area contributed by atoms with Crippen molar-refractivity contribution in [2.24, 2.45) is 0 Å². The van der Waals surface area contributed by atoms with Crippen LogP contribution in [0.4, 0.5) is 34.1 Å². The van der Waals surface area contributed by atoms with Gasteiger partial charge in [0.25, 0.3) is 0 Å². The number of benzene rings is 14. The van der Waals surface area contributed by atoms with Gasteiger partial charge in [-0.05, 0) is 223 Å². The van der Waals surface area contributed by atoms with E-state index < -0.39 is 0 Å². The largest absolute Gasteiger partial charge is 0.506 e. The highest BCUT2D eigenvalue weighted by Gasteiger charge is 2.35. The lowest BCUT2D eigenvalue weighted by Gasteiger charge is -2.31. The van der Waals surface area contributed by atoms with Crippen LogP contribution in [0, 0.1) is 27.7 Å². The van der Waals surface area contributed by atoms with E-state index in [1.807, 2.05) is 0 Å². The zero-order valence-electron chi connectivity index (χ0n) is 49.5. The lowest BCUT2D eigenvalue weighted by molar-refractivity contribution is 0.390. The zero-order chi connectivity index (χ0) is 59.6. The average Bonchev–Trinajstić information content (AvgIpc) is 0.790. The van der Waals surface area contributed by atoms with Gasteiger partial charge in [-0.1, -0.05) is 206 Å². The number of aliphatic hydroxyl groups excluding tert-OH is 2. The predicted octanol–water partition coefficient (Wildman–Crippen LogP) is 23.4. The fourth-order valence-corrected chi connectivity index (χ4v) is 13.4. The van der Waals surface area contributed by atoms with Crippen molar-refractivity contribution < 1.29 is 10.2 Å². The van der Waals surface area contributed by atoms with Crippen molar-refractivity contribution in [3.05, 3.63) is 336 Å². The Morgan fingerprint density at radius 1 is 0.227 bits per heavy atom. The van der Waals surface area contributed by atoms with Crippen molar-refractivity contribution in [3.63, 3.8) is 0 Å². The third kappa shape index (κ3) is 9.34. The molecule has 88 heavy (non-hydrogen) atoms. The minimum atomic E-state index is 0.0489. The molecule has 0 atom stereocenters. The molecule has 0 aromatic heterocycles. The highest BCUT2D eigenvalue weighted by atomic mass is 16.3. The van der Waals surface area contributed by atoms with E-state index in [1.54, 1.807) is 0 Å². The fraction of sp³-hybridized carbons (Fsp3) is 0.0476. The molecule has 15 rings (SSSR count). The van der Waals surface area contributed by atoms with Gasteiger partial charge in [-0.3, -0.25) is 0 Å². The molecular formula is C84H62N2O2. The average molecular weight is 1130 g/mol. The van der Waals surface area contributed by atoms with Crippen molar-refractivity contribution in [2.45, 2.75) is 27.7 Å². The van der Waals surface area contributed by atoms with Crippen molar-refractivity contribution >= 4 is 88.4 Å². The van der Waals surface area contributed by atoms with E-state index in [2.05, 4.69) is 329 Å². The third-order valence-electron chi connectivity index (χ3n) is 18.0. The molecule has 0 saturated carbocycles. The molecule has 1 aliphatic carbocycles. The topological polar surface area (TPSA) is 46.9 Å². The second kappa shape index (κ2) is 22.0. The van der Waals surface area contributed by atoms with Crippen molar-refractivity contribution in [3.8, 4) is 44.5 Å². The smallest absolute Gasteiger partial charge is 0.138 e. The Hall–Kier alpha value is -11.2. The summed E-state index contributed by atoms with van der Waals surface area (Å²) in [5.41, 5.74) is 22.5. The summed E-state index contributed by atoms with van der Waals surface area (Å²) < 4.78 is 0. The van der Waals surface area contributed by atoms with Gasteiger partial charge in [-0.25, -0.2) is 0 Å². The first-order valence-electron chi connectivity index (χ1n) is 30.2. The number of aliphatic hydroxyl groups is 2. The van der Waals surface area contributed by atoms with E-state index >= 15 is 0 Å². The number of anilines is 6. The molecule has 1 aliphatic rings. The summed E-state index contributed by atoms with van der Waals surface area (Å²) in [5.74, 6) is 0.0978. The molecular weight excluding hydrogens is 1070 g/mol. The second-order valence-electron chi connectivity index (χ2n) is 23.3. The number of aryl methyl sites for hydroxylation is 4. The van der Waals surface area contributed by atoms with E-state index in [0.717, 1.165) is 111 Å². The Labute approximate surface area is 513 Å². The highest BCUT2D eigenvalue weighted by molar-refractivity contribution is 6.19. The Morgan fingerprint density at radius 2 is 0.466 bits per heavy atom. The second-order valence-corrected chi connectivity index (χ2v) is 23.3. The summed E-state index contributed by atoms with van der Waals surface area (Å²) in [6.07, 6.45) is 0. The van der Waals surface area contributed by atoms with Crippen LogP contribution in [0.5, 0.6) is 0 Å². The van der Waals surface area contributed by atoms with Crippen molar-refractivity contribution in [1.29, 1.82) is 0 Å². The van der Waals surface area contributed by atoms with Crippen LogP contribution in [0.15, 0.2) is 303 Å². The minimum absolute atomic E-state index is 0.0489. The lowest BCUT2D eigenvalue weighted by Crippen LogP contribution is -2.14. The molecule has 0 heterocycles. The first-order valence-corrected chi connectivity index (χ1v) is 30.2. The molecule has 420 valence electrons. The van der Waals surface area contributed by atoms with Crippen LogP contribution in [0.25, 0.3) is 98.7 Å². The van der Waals surface area contributed by atoms with Crippen LogP contribution < -0.4 is 9.80 Å². The molecule has 0 saturated heterocycles. The van der Waals surface area contributed by atoms with Gasteiger partial charge in [0.05, 0.1) is 22.5 Å². The molecule has 14 aromatic carbocycles. The van der Waals surface area contributed by atoms with E-state index in [4.69, 9.17) is 0 Å². The normalized spacial score (nSPS) is 12.3. The Balaban J connectivity index is 0.876. The maximum Gasteiger partial charge on any atom is 0.138 e. The van der Waals surface area contributed by atoms with E-state index in [0.29, 0.717) is 11.1 Å². The maximum absolute atomic E-state index is 12.9. The monoisotopic (exact) mass is 1130 g/mol. The quantitative estimate of drug-likeness (QED) is 0.120. The van der Waals surface area contributed by atoms with E-state index in [9.17, 15) is 10.2 Å². The Morgan fingerprint density at radius 3 is 0.727 bits per heavy atom. The number of fused-ring (bicyclic) bond motifs is 4. The van der Waals surface area contributed by atoms with Gasteiger partial charge in [0.15, 0.2) is 0 Å². The van der Waals surface area contributed by atoms with Gasteiger partial charge in [0.2, 0.25) is 0 Å². The van der Waals surface area contributed by atoms with Gasteiger partial charge in [0.1, 0.15) is 11.5 Å². The Bertz CT molecular complexity index is 4620. The minimum Gasteiger partial charge on any atom is -0.506 e. The summed E-state index contributed by atoms with van der Waals surface area (Å²) in [6.45, 7) is 8.63. The lowest BCUT2D eigenvalue weighted by atomic mass is 9.80. The predicted molar refractivity (Wildman–Crippen MR) is 372 cm³/mol. The summed E-state index contributed by atoms with van der Waals surface area (Å²) in [6, 6.07) is 104. The number of nitrogens with zero attached hydrogens (tertiary/aromatic N) is 2. The molecule has 0 radical (unpaired) electrons. The fourth-order valence-electron chi connectivity index (χ4n) is 13.4. The number of rotatable bonds is 12. The van der Waals surface area contributed by atoms with Crippen molar-refractivity contribution in [2.75, 3.05) is 9.80 Å². The van der Waals surface area contributed by atoms with Crippen LogP contribution in [0.1, 0.15) is 33.4 Å². The van der Waals surface area contributed by atoms with E-state index in [-0.39, 0.29) is 11.5 Å². The molecule has 0 bridgehead atoms. The molecule has 0 fully saturated rings. The van der Waals surface area contributed by atoms with Gasteiger partial charge >= 0.3 is 0 Å². The van der Waals surface area contributed by atoms with Crippen LogP contribution in [-0.4, -0.2) is 10.2 Å². The molecule has 14 aromatic rings. The summed E-state index contributed by atoms with van der Waals surface area (Å²) >= 11 is 0. The molecule has 0 spiro atoms. The molecule has 4 heteroatoms. The number of hydrogen-bond donors (Lipinski definition) is 2. The highest BCUT2D eigenvalue weighted by Crippen LogP contribution is 2.52. The summed E-state index contributed by atoms with van der Waals surface area (Å²) in [5, 5.41) is 33.8. The van der Waals surface area contributed by atoms with Crippen molar-refractivity contribution in [1.82, 2.24) is 0 Å². The Kier molecular flexibility index (Phi) is 13.4. The van der Waals surface area contributed by atoms with Gasteiger partial charge < -0.3 is 20.0 Å². The van der Waals surface area contributed by atoms with Crippen LogP contribution in [-0.2, 0) is 0 Å². The van der Waals surface area contributed by atoms with Crippen LogP contribution >= 0.6 is 0 Å². The standard InChI is InChI=1S/C84H62N2O2/c1-53-17-5-13-25-69(53)57-29-37-65(38-30-57)85(66-39-31-58(32-40-66)70-26-14-6-18-54(70)2)79-47-45-73(75-49-61-21-9-11-23-63(61)51-77(75)79)81-83(87)82(84(81)88)74-46-48-80(78-52-64-24-12-10-22-62(64)50-76(74)78)86(67-41-33-59(34-42-67)71-27-15-7-19-55(71)3)68-43-35-60(36-44-68)72-28-16-8-20-56(72)4/h5-52,87-88H,1-4H3. The third-order valence-corrected chi connectivity index (χ3v) is 18.0. The first kappa shape index (κ1) is 53.5. The summed E-state index contributed by atoms with van der Waals surface area (Å²) in [4.78, 5) is 4.66. The SMILES string of the molecule is Cc1ccccc1-c1ccc(N(c2ccc(-c3ccccc3C)cc2)c2ccc(C3=C(O)C(c4ccc(N(c5ccc(-c6ccccc6C)cc5)c5ccc(-c6ccccc6C)cc5)c5cc6ccccc6cc45)=C3O)c3cc4ccccc4cc23)cc1.